The van der Waals surface area contributed by atoms with Gasteiger partial charge in [-0.2, -0.15) is 0 Å². The molecule has 0 radical (unpaired) electrons. The molecule has 0 bridgehead atoms. The first-order valence-electron chi connectivity index (χ1n) is 5.09. The number of amides is 3. The van der Waals surface area contributed by atoms with E-state index in [4.69, 9.17) is 0 Å². The molecule has 0 unspecified atom stereocenters. The van der Waals surface area contributed by atoms with Crippen molar-refractivity contribution < 1.29 is 18.4 Å². The van der Waals surface area contributed by atoms with E-state index >= 15 is 0 Å². The monoisotopic (exact) mass is 240 g/mol. The van der Waals surface area contributed by atoms with Crippen LogP contribution < -0.4 is 5.32 Å². The molecule has 1 aromatic rings. The maximum absolute atomic E-state index is 13.3. The van der Waals surface area contributed by atoms with Crippen LogP contribution in [0.2, 0.25) is 0 Å². The Morgan fingerprint density at radius 1 is 1.24 bits per heavy atom. The number of nitrogens with zero attached hydrogens (tertiary/aromatic N) is 1. The molecule has 0 saturated carbocycles. The highest BCUT2D eigenvalue weighted by Gasteiger charge is 2.24. The topological polar surface area (TPSA) is 49.4 Å². The molecule has 1 fully saturated rings. The van der Waals surface area contributed by atoms with E-state index in [9.17, 15) is 18.4 Å². The molecule has 0 aromatic heterocycles. The van der Waals surface area contributed by atoms with Crippen molar-refractivity contribution in [2.45, 2.75) is 13.0 Å². The summed E-state index contributed by atoms with van der Waals surface area (Å²) in [4.78, 5) is 23.5. The second-order valence-corrected chi connectivity index (χ2v) is 3.73. The standard InChI is InChI=1S/C11H10F2N2O2/c12-8-2-1-3-9(13)7(8)6-15-5-4-10(16)14-11(15)17/h1-3H,4-6H2,(H,14,16,17). The van der Waals surface area contributed by atoms with Crippen molar-refractivity contribution in [1.29, 1.82) is 0 Å². The Bertz CT molecular complexity index is 456. The minimum atomic E-state index is -0.699. The van der Waals surface area contributed by atoms with Crippen LogP contribution in [0.25, 0.3) is 0 Å². The van der Waals surface area contributed by atoms with E-state index in [-0.39, 0.29) is 31.0 Å². The van der Waals surface area contributed by atoms with Gasteiger partial charge in [0.2, 0.25) is 5.91 Å². The average molecular weight is 240 g/mol. The van der Waals surface area contributed by atoms with Gasteiger partial charge in [-0.3, -0.25) is 10.1 Å². The Morgan fingerprint density at radius 3 is 2.47 bits per heavy atom. The van der Waals surface area contributed by atoms with Crippen molar-refractivity contribution >= 4 is 11.9 Å². The van der Waals surface area contributed by atoms with Gasteiger partial charge in [0, 0.05) is 18.5 Å². The summed E-state index contributed by atoms with van der Waals surface area (Å²) >= 11 is 0. The van der Waals surface area contributed by atoms with Crippen molar-refractivity contribution in [2.24, 2.45) is 0 Å². The summed E-state index contributed by atoms with van der Waals surface area (Å²) in [6, 6.07) is 2.90. The highest BCUT2D eigenvalue weighted by atomic mass is 19.1. The van der Waals surface area contributed by atoms with Crippen molar-refractivity contribution in [2.75, 3.05) is 6.54 Å². The molecule has 4 nitrogen and oxygen atoms in total. The van der Waals surface area contributed by atoms with E-state index in [1.807, 2.05) is 0 Å². The molecule has 3 amide bonds. The molecule has 17 heavy (non-hydrogen) atoms. The molecule has 1 heterocycles. The number of hydrogen-bond donors (Lipinski definition) is 1. The van der Waals surface area contributed by atoms with Gasteiger partial charge in [0.1, 0.15) is 11.6 Å². The summed E-state index contributed by atoms with van der Waals surface area (Å²) in [7, 11) is 0. The summed E-state index contributed by atoms with van der Waals surface area (Å²) in [6.07, 6.45) is 0.141. The second-order valence-electron chi connectivity index (χ2n) is 3.73. The fourth-order valence-electron chi connectivity index (χ4n) is 1.62. The predicted octanol–water partition coefficient (Wildman–Crippen LogP) is 1.41. The SMILES string of the molecule is O=C1CCN(Cc2c(F)cccc2F)C(=O)N1. The lowest BCUT2D eigenvalue weighted by Crippen LogP contribution is -2.49. The van der Waals surface area contributed by atoms with Crippen LogP contribution in [0.4, 0.5) is 13.6 Å². The predicted molar refractivity (Wildman–Crippen MR) is 54.9 cm³/mol. The molecule has 90 valence electrons. The van der Waals surface area contributed by atoms with Crippen LogP contribution in [0, 0.1) is 11.6 Å². The smallest absolute Gasteiger partial charge is 0.319 e. The fraction of sp³-hybridized carbons (Fsp3) is 0.273. The first-order valence-corrected chi connectivity index (χ1v) is 5.09. The van der Waals surface area contributed by atoms with Crippen LogP contribution in [0.3, 0.4) is 0 Å². The first-order chi connectivity index (χ1) is 8.08. The Morgan fingerprint density at radius 2 is 1.88 bits per heavy atom. The Labute approximate surface area is 96.2 Å². The van der Waals surface area contributed by atoms with Gasteiger partial charge < -0.3 is 4.90 Å². The molecule has 0 spiro atoms. The number of urea groups is 1. The molecule has 6 heteroatoms. The van der Waals surface area contributed by atoms with E-state index in [0.717, 1.165) is 12.1 Å². The Balaban J connectivity index is 2.16. The van der Waals surface area contributed by atoms with Gasteiger partial charge in [-0.05, 0) is 12.1 Å². The number of halogens is 2. The van der Waals surface area contributed by atoms with Crippen molar-refractivity contribution in [3.8, 4) is 0 Å². The highest BCUT2D eigenvalue weighted by molar-refractivity contribution is 5.96. The van der Waals surface area contributed by atoms with Gasteiger partial charge in [0.05, 0.1) is 6.54 Å². The van der Waals surface area contributed by atoms with Crippen LogP contribution in [0.1, 0.15) is 12.0 Å². The minimum Gasteiger partial charge on any atom is -0.319 e. The van der Waals surface area contributed by atoms with Crippen molar-refractivity contribution in [1.82, 2.24) is 10.2 Å². The fourth-order valence-corrected chi connectivity index (χ4v) is 1.62. The number of nitrogens with one attached hydrogen (secondary N) is 1. The molecule has 1 N–H and O–H groups in total. The molecular weight excluding hydrogens is 230 g/mol. The van der Waals surface area contributed by atoms with Gasteiger partial charge in [-0.1, -0.05) is 6.07 Å². The zero-order valence-corrected chi connectivity index (χ0v) is 8.87. The summed E-state index contributed by atoms with van der Waals surface area (Å²) in [5.41, 5.74) is -0.169. The summed E-state index contributed by atoms with van der Waals surface area (Å²) < 4.78 is 26.7. The number of carbonyl (C=O) groups is 2. The van der Waals surface area contributed by atoms with Gasteiger partial charge >= 0.3 is 6.03 Å². The normalized spacial score (nSPS) is 16.0. The van der Waals surface area contributed by atoms with E-state index in [2.05, 4.69) is 5.32 Å². The highest BCUT2D eigenvalue weighted by Crippen LogP contribution is 2.15. The van der Waals surface area contributed by atoms with Crippen LogP contribution >= 0.6 is 0 Å². The molecule has 0 aliphatic carbocycles. The van der Waals surface area contributed by atoms with Gasteiger partial charge in [0.25, 0.3) is 0 Å². The van der Waals surface area contributed by atoms with E-state index in [1.54, 1.807) is 0 Å². The van der Waals surface area contributed by atoms with Crippen LogP contribution in [-0.2, 0) is 11.3 Å². The number of hydrogen-bond acceptors (Lipinski definition) is 2. The lowest BCUT2D eigenvalue weighted by Gasteiger charge is -2.26. The molecule has 1 aromatic carbocycles. The molecule has 1 saturated heterocycles. The average Bonchev–Trinajstić information content (AvgIpc) is 2.26. The third-order valence-electron chi connectivity index (χ3n) is 2.55. The van der Waals surface area contributed by atoms with Gasteiger partial charge in [-0.25, -0.2) is 13.6 Å². The number of rotatable bonds is 2. The third-order valence-corrected chi connectivity index (χ3v) is 2.55. The van der Waals surface area contributed by atoms with Crippen LogP contribution in [-0.4, -0.2) is 23.4 Å². The summed E-state index contributed by atoms with van der Waals surface area (Å²) in [6.45, 7) is -0.0178. The maximum atomic E-state index is 13.3. The van der Waals surface area contributed by atoms with Gasteiger partial charge in [-0.15, -0.1) is 0 Å². The largest absolute Gasteiger partial charge is 0.324 e. The first kappa shape index (κ1) is 11.5. The number of benzene rings is 1. The number of carbonyl (C=O) groups excluding carboxylic acids is 2. The maximum Gasteiger partial charge on any atom is 0.324 e. The Kier molecular flexibility index (Phi) is 3.03. The zero-order chi connectivity index (χ0) is 12.4. The Hall–Kier alpha value is -1.98. The second kappa shape index (κ2) is 4.48. The lowest BCUT2D eigenvalue weighted by molar-refractivity contribution is -0.121. The van der Waals surface area contributed by atoms with E-state index in [1.165, 1.54) is 11.0 Å². The van der Waals surface area contributed by atoms with Crippen LogP contribution in [0.5, 0.6) is 0 Å². The summed E-state index contributed by atoms with van der Waals surface area (Å²) in [5, 5.41) is 2.09. The summed E-state index contributed by atoms with van der Waals surface area (Å²) in [5.74, 6) is -1.77. The third kappa shape index (κ3) is 2.41. The molecule has 1 aliphatic heterocycles. The minimum absolute atomic E-state index is 0.141. The zero-order valence-electron chi connectivity index (χ0n) is 8.87. The van der Waals surface area contributed by atoms with Gasteiger partial charge in [0.15, 0.2) is 0 Å². The molecule has 1 aliphatic rings. The molecule has 2 rings (SSSR count). The van der Waals surface area contributed by atoms with Crippen molar-refractivity contribution in [3.63, 3.8) is 0 Å². The van der Waals surface area contributed by atoms with E-state index < -0.39 is 17.7 Å². The number of imide groups is 1. The molecule has 0 atom stereocenters. The quantitative estimate of drug-likeness (QED) is 0.849. The lowest BCUT2D eigenvalue weighted by atomic mass is 10.1. The van der Waals surface area contributed by atoms with Crippen molar-refractivity contribution in [3.05, 3.63) is 35.4 Å². The van der Waals surface area contributed by atoms with E-state index in [0.29, 0.717) is 0 Å². The van der Waals surface area contributed by atoms with Crippen LogP contribution in [0.15, 0.2) is 18.2 Å². The molecular formula is C11H10F2N2O2.